The van der Waals surface area contributed by atoms with Crippen molar-refractivity contribution in [2.75, 3.05) is 63.1 Å². The van der Waals surface area contributed by atoms with Gasteiger partial charge in [-0.15, -0.1) is 0 Å². The van der Waals surface area contributed by atoms with Gasteiger partial charge in [0.2, 0.25) is 5.91 Å². The lowest BCUT2D eigenvalue weighted by Crippen LogP contribution is -2.46. The first kappa shape index (κ1) is 24.7. The van der Waals surface area contributed by atoms with Crippen molar-refractivity contribution in [1.82, 2.24) is 19.8 Å². The predicted molar refractivity (Wildman–Crippen MR) is 129 cm³/mol. The van der Waals surface area contributed by atoms with Gasteiger partial charge in [-0.25, -0.2) is 0 Å². The maximum atomic E-state index is 12.5. The van der Waals surface area contributed by atoms with Crippen LogP contribution >= 0.6 is 0 Å². The molecule has 0 radical (unpaired) electrons. The highest BCUT2D eigenvalue weighted by Gasteiger charge is 2.31. The van der Waals surface area contributed by atoms with Gasteiger partial charge in [-0.3, -0.25) is 9.69 Å². The van der Waals surface area contributed by atoms with Crippen LogP contribution in [0.4, 0.5) is 11.6 Å². The molecule has 2 aliphatic rings. The first-order valence-corrected chi connectivity index (χ1v) is 12.7. The van der Waals surface area contributed by atoms with Crippen molar-refractivity contribution in [2.24, 2.45) is 0 Å². The zero-order chi connectivity index (χ0) is 22.8. The first-order chi connectivity index (χ1) is 15.6. The van der Waals surface area contributed by atoms with E-state index in [-0.39, 0.29) is 11.9 Å². The molecule has 2 N–H and O–H groups in total. The van der Waals surface area contributed by atoms with E-state index in [4.69, 9.17) is 10.5 Å². The van der Waals surface area contributed by atoms with Crippen LogP contribution in [-0.4, -0.2) is 78.1 Å². The zero-order valence-electron chi connectivity index (χ0n) is 20.2. The monoisotopic (exact) mass is 446 g/mol. The van der Waals surface area contributed by atoms with Crippen molar-refractivity contribution in [3.8, 4) is 6.01 Å². The van der Waals surface area contributed by atoms with Gasteiger partial charge < -0.3 is 20.3 Å². The topological polar surface area (TPSA) is 87.8 Å². The summed E-state index contributed by atoms with van der Waals surface area (Å²) in [6.45, 7) is 12.8. The molecule has 1 fully saturated rings. The lowest BCUT2D eigenvalue weighted by atomic mass is 10.2. The second-order valence-corrected chi connectivity index (χ2v) is 9.07. The van der Waals surface area contributed by atoms with Crippen molar-refractivity contribution >= 4 is 17.5 Å². The number of rotatable bonds is 14. The van der Waals surface area contributed by atoms with Gasteiger partial charge in [0.05, 0.1) is 13.0 Å². The van der Waals surface area contributed by atoms with E-state index < -0.39 is 0 Å². The summed E-state index contributed by atoms with van der Waals surface area (Å²) in [4.78, 5) is 28.2. The lowest BCUT2D eigenvalue weighted by Gasteiger charge is -2.34. The Hall–Kier alpha value is -1.93. The molecule has 2 aliphatic heterocycles. The van der Waals surface area contributed by atoms with Crippen LogP contribution in [0.5, 0.6) is 6.01 Å². The number of amides is 1. The van der Waals surface area contributed by atoms with Gasteiger partial charge >= 0.3 is 6.01 Å². The molecule has 0 atom stereocenters. The van der Waals surface area contributed by atoms with Crippen LogP contribution in [0.15, 0.2) is 0 Å². The molecular weight excluding hydrogens is 404 g/mol. The second kappa shape index (κ2) is 12.9. The number of aromatic nitrogens is 2. The molecule has 0 spiro atoms. The third kappa shape index (κ3) is 7.04. The van der Waals surface area contributed by atoms with Crippen LogP contribution in [-0.2, 0) is 11.2 Å². The van der Waals surface area contributed by atoms with E-state index in [1.54, 1.807) is 4.90 Å². The van der Waals surface area contributed by atoms with Gasteiger partial charge in [0.25, 0.3) is 0 Å². The van der Waals surface area contributed by atoms with Gasteiger partial charge in [0.15, 0.2) is 0 Å². The Bertz CT molecular complexity index is 721. The molecule has 1 aromatic heterocycles. The molecule has 1 saturated heterocycles. The van der Waals surface area contributed by atoms with Crippen LogP contribution in [0.1, 0.15) is 70.8 Å². The highest BCUT2D eigenvalue weighted by molar-refractivity contribution is 6.01. The van der Waals surface area contributed by atoms with Crippen molar-refractivity contribution in [2.45, 2.75) is 71.6 Å². The number of fused-ring (bicyclic) bond motifs is 1. The minimum absolute atomic E-state index is 0.0610. The maximum absolute atomic E-state index is 12.5. The molecule has 0 saturated carbocycles. The fourth-order valence-corrected chi connectivity index (χ4v) is 4.43. The van der Waals surface area contributed by atoms with E-state index in [1.807, 2.05) is 0 Å². The third-order valence-electron chi connectivity index (χ3n) is 6.51. The number of nitrogens with two attached hydrogens (primary N) is 1. The SMILES string of the molecule is CCCCCN1CCN(CCCCCN2C(=O)Cc3c(N)nc(OCCCC)nc32)CC1. The van der Waals surface area contributed by atoms with Crippen LogP contribution in [0.25, 0.3) is 0 Å². The second-order valence-electron chi connectivity index (χ2n) is 9.07. The number of anilines is 2. The van der Waals surface area contributed by atoms with E-state index in [2.05, 4.69) is 33.6 Å². The number of nitrogen functional groups attached to an aromatic ring is 1. The van der Waals surface area contributed by atoms with Crippen molar-refractivity contribution in [1.29, 1.82) is 0 Å². The van der Waals surface area contributed by atoms with E-state index in [0.29, 0.717) is 31.2 Å². The summed E-state index contributed by atoms with van der Waals surface area (Å²) < 4.78 is 5.63. The summed E-state index contributed by atoms with van der Waals surface area (Å²) >= 11 is 0. The van der Waals surface area contributed by atoms with E-state index in [0.717, 1.165) is 37.8 Å². The largest absolute Gasteiger partial charge is 0.463 e. The van der Waals surface area contributed by atoms with Gasteiger partial charge in [-0.1, -0.05) is 39.5 Å². The molecular formula is C24H42N6O2. The van der Waals surface area contributed by atoms with Gasteiger partial charge in [0, 0.05) is 38.3 Å². The molecule has 0 bridgehead atoms. The summed E-state index contributed by atoms with van der Waals surface area (Å²) in [5, 5.41) is 0. The smallest absolute Gasteiger partial charge is 0.320 e. The molecule has 1 amide bonds. The Balaban J connectivity index is 1.37. The average Bonchev–Trinajstić information content (AvgIpc) is 3.11. The van der Waals surface area contributed by atoms with E-state index in [1.165, 1.54) is 58.4 Å². The summed E-state index contributed by atoms with van der Waals surface area (Å²) in [6, 6.07) is 0.281. The minimum Gasteiger partial charge on any atom is -0.463 e. The molecule has 8 nitrogen and oxygen atoms in total. The Labute approximate surface area is 193 Å². The molecule has 180 valence electrons. The van der Waals surface area contributed by atoms with Crippen LogP contribution in [0, 0.1) is 0 Å². The fraction of sp³-hybridized carbons (Fsp3) is 0.792. The van der Waals surface area contributed by atoms with Gasteiger partial charge in [-0.2, -0.15) is 9.97 Å². The first-order valence-electron chi connectivity index (χ1n) is 12.7. The van der Waals surface area contributed by atoms with Crippen LogP contribution in [0.3, 0.4) is 0 Å². The number of unbranched alkanes of at least 4 members (excludes halogenated alkanes) is 5. The zero-order valence-corrected chi connectivity index (χ0v) is 20.2. The molecule has 0 aliphatic carbocycles. The molecule has 0 aromatic carbocycles. The third-order valence-corrected chi connectivity index (χ3v) is 6.51. The van der Waals surface area contributed by atoms with Crippen LogP contribution in [0.2, 0.25) is 0 Å². The fourth-order valence-electron chi connectivity index (χ4n) is 4.43. The molecule has 1 aromatic rings. The standard InChI is InChI=1S/C24H42N6O2/c1-3-5-8-11-28-14-16-29(17-15-28)12-9-7-10-13-30-21(31)19-20-22(25)26-24(27-23(20)30)32-18-6-4-2/h3-19H2,1-2H3,(H2,25,26,27). The lowest BCUT2D eigenvalue weighted by molar-refractivity contribution is -0.117. The Kier molecular flexibility index (Phi) is 9.99. The number of nitrogens with zero attached hydrogens (tertiary/aromatic N) is 5. The molecule has 32 heavy (non-hydrogen) atoms. The minimum atomic E-state index is 0.0610. The number of hydrogen-bond donors (Lipinski definition) is 1. The summed E-state index contributed by atoms with van der Waals surface area (Å²) in [7, 11) is 0. The highest BCUT2D eigenvalue weighted by Crippen LogP contribution is 2.32. The molecule has 8 heteroatoms. The van der Waals surface area contributed by atoms with Crippen molar-refractivity contribution in [3.05, 3.63) is 5.56 Å². The van der Waals surface area contributed by atoms with Gasteiger partial charge in [0.1, 0.15) is 11.6 Å². The van der Waals surface area contributed by atoms with Crippen LogP contribution < -0.4 is 15.4 Å². The van der Waals surface area contributed by atoms with E-state index >= 15 is 0 Å². The van der Waals surface area contributed by atoms with Gasteiger partial charge in [-0.05, 0) is 38.8 Å². The average molecular weight is 447 g/mol. The number of carbonyl (C=O) groups excluding carboxylic acids is 1. The summed E-state index contributed by atoms with van der Waals surface area (Å²) in [5.41, 5.74) is 6.83. The quantitative estimate of drug-likeness (QED) is 0.439. The van der Waals surface area contributed by atoms with Crippen molar-refractivity contribution < 1.29 is 9.53 Å². The Morgan fingerprint density at radius 3 is 2.12 bits per heavy atom. The Morgan fingerprint density at radius 2 is 1.47 bits per heavy atom. The normalized spacial score (nSPS) is 17.2. The Morgan fingerprint density at radius 1 is 0.844 bits per heavy atom. The summed E-state index contributed by atoms with van der Waals surface area (Å²) in [5.74, 6) is 1.07. The predicted octanol–water partition coefficient (Wildman–Crippen LogP) is 3.10. The molecule has 0 unspecified atom stereocenters. The maximum Gasteiger partial charge on any atom is 0.320 e. The molecule has 3 heterocycles. The number of carbonyl (C=O) groups is 1. The number of piperazine rings is 1. The number of hydrogen-bond acceptors (Lipinski definition) is 7. The molecule has 3 rings (SSSR count). The summed E-state index contributed by atoms with van der Waals surface area (Å²) in [6.07, 6.45) is 9.49. The van der Waals surface area contributed by atoms with E-state index in [9.17, 15) is 4.79 Å². The van der Waals surface area contributed by atoms with Crippen molar-refractivity contribution in [3.63, 3.8) is 0 Å². The highest BCUT2D eigenvalue weighted by atomic mass is 16.5. The number of ether oxygens (including phenoxy) is 1.